The van der Waals surface area contributed by atoms with E-state index in [0.29, 0.717) is 0 Å². The summed E-state index contributed by atoms with van der Waals surface area (Å²) in [7, 11) is 0. The number of carbonyl (C=O) groups is 1. The predicted molar refractivity (Wildman–Crippen MR) is 109 cm³/mol. The fourth-order valence-electron chi connectivity index (χ4n) is 3.34. The van der Waals surface area contributed by atoms with Crippen LogP contribution in [0, 0.1) is 6.92 Å². The van der Waals surface area contributed by atoms with Crippen LogP contribution in [0.2, 0.25) is 0 Å². The van der Waals surface area contributed by atoms with Crippen molar-refractivity contribution in [3.05, 3.63) is 52.6 Å². The standard InChI is InChI=1S/C21H28N4O3/c1-14-5-10-19(26)25(13-14)17-8-9-18(22-12-17)23-15-6-7-16(11-15)24-20(27)28-21(2,3)4/h5,8-10,12-13,15-16H,6-7,11H2,1-4H3,(H,22,23)(H,24,27)/t15-,16-/m0/s1. The zero-order valence-corrected chi connectivity index (χ0v) is 16.9. The maximum absolute atomic E-state index is 12.0. The van der Waals surface area contributed by atoms with Gasteiger partial charge >= 0.3 is 6.09 Å². The highest BCUT2D eigenvalue weighted by Crippen LogP contribution is 2.23. The van der Waals surface area contributed by atoms with Crippen LogP contribution < -0.4 is 16.2 Å². The molecule has 2 aromatic heterocycles. The van der Waals surface area contributed by atoms with Gasteiger partial charge in [-0.1, -0.05) is 6.07 Å². The summed E-state index contributed by atoms with van der Waals surface area (Å²) in [5, 5.41) is 6.34. The van der Waals surface area contributed by atoms with Crippen LogP contribution in [-0.2, 0) is 4.74 Å². The van der Waals surface area contributed by atoms with Crippen LogP contribution in [-0.4, -0.2) is 33.3 Å². The maximum atomic E-state index is 12.0. The first-order chi connectivity index (χ1) is 13.2. The molecular formula is C21H28N4O3. The second-order valence-electron chi connectivity index (χ2n) is 8.31. The average molecular weight is 384 g/mol. The zero-order valence-electron chi connectivity index (χ0n) is 16.9. The summed E-state index contributed by atoms with van der Waals surface area (Å²) < 4.78 is 6.90. The second-order valence-corrected chi connectivity index (χ2v) is 8.31. The number of hydrogen-bond acceptors (Lipinski definition) is 5. The van der Waals surface area contributed by atoms with E-state index < -0.39 is 5.60 Å². The van der Waals surface area contributed by atoms with Gasteiger partial charge in [0.05, 0.1) is 11.9 Å². The normalized spacial score (nSPS) is 19.3. The van der Waals surface area contributed by atoms with Crippen molar-refractivity contribution in [3.63, 3.8) is 0 Å². The first-order valence-corrected chi connectivity index (χ1v) is 9.61. The molecule has 2 atom stereocenters. The molecule has 1 saturated carbocycles. The van der Waals surface area contributed by atoms with Crippen molar-refractivity contribution in [2.24, 2.45) is 0 Å². The van der Waals surface area contributed by atoms with E-state index in [-0.39, 0.29) is 23.7 Å². The number of aryl methyl sites for hydroxylation is 1. The number of nitrogens with zero attached hydrogens (tertiary/aromatic N) is 2. The van der Waals surface area contributed by atoms with Crippen LogP contribution in [0.4, 0.5) is 10.6 Å². The van der Waals surface area contributed by atoms with E-state index in [9.17, 15) is 9.59 Å². The van der Waals surface area contributed by atoms with Crippen molar-refractivity contribution in [1.29, 1.82) is 0 Å². The van der Waals surface area contributed by atoms with E-state index in [4.69, 9.17) is 4.74 Å². The highest BCUT2D eigenvalue weighted by molar-refractivity contribution is 5.68. The van der Waals surface area contributed by atoms with Crippen LogP contribution in [0.3, 0.4) is 0 Å². The number of pyridine rings is 2. The molecule has 1 fully saturated rings. The summed E-state index contributed by atoms with van der Waals surface area (Å²) in [6.07, 6.45) is 5.78. The van der Waals surface area contributed by atoms with Crippen molar-refractivity contribution in [1.82, 2.24) is 14.9 Å². The van der Waals surface area contributed by atoms with Crippen LogP contribution in [0.5, 0.6) is 0 Å². The van der Waals surface area contributed by atoms with Crippen molar-refractivity contribution < 1.29 is 9.53 Å². The largest absolute Gasteiger partial charge is 0.444 e. The molecule has 7 nitrogen and oxygen atoms in total. The molecule has 7 heteroatoms. The molecule has 150 valence electrons. The van der Waals surface area contributed by atoms with E-state index in [0.717, 1.165) is 36.3 Å². The summed E-state index contributed by atoms with van der Waals surface area (Å²) in [5.41, 5.74) is 1.16. The first kappa shape index (κ1) is 19.9. The molecule has 1 aliphatic carbocycles. The number of anilines is 1. The van der Waals surface area contributed by atoms with Crippen LogP contribution >= 0.6 is 0 Å². The monoisotopic (exact) mass is 384 g/mol. The molecule has 28 heavy (non-hydrogen) atoms. The predicted octanol–water partition coefficient (Wildman–Crippen LogP) is 3.40. The minimum absolute atomic E-state index is 0.0834. The van der Waals surface area contributed by atoms with Gasteiger partial charge in [0.15, 0.2) is 0 Å². The molecule has 2 N–H and O–H groups in total. The highest BCUT2D eigenvalue weighted by atomic mass is 16.6. The lowest BCUT2D eigenvalue weighted by Crippen LogP contribution is -2.38. The van der Waals surface area contributed by atoms with Crippen molar-refractivity contribution in [2.75, 3.05) is 5.32 Å². The first-order valence-electron chi connectivity index (χ1n) is 9.61. The smallest absolute Gasteiger partial charge is 0.407 e. The quantitative estimate of drug-likeness (QED) is 0.844. The van der Waals surface area contributed by atoms with Gasteiger partial charge < -0.3 is 15.4 Å². The summed E-state index contributed by atoms with van der Waals surface area (Å²) in [6, 6.07) is 7.43. The highest BCUT2D eigenvalue weighted by Gasteiger charge is 2.27. The van der Waals surface area contributed by atoms with Gasteiger partial charge in [-0.15, -0.1) is 0 Å². The number of alkyl carbamates (subject to hydrolysis) is 1. The summed E-state index contributed by atoms with van der Waals surface area (Å²) in [5.74, 6) is 0.757. The van der Waals surface area contributed by atoms with Gasteiger partial charge in [-0.25, -0.2) is 9.78 Å². The number of rotatable bonds is 4. The van der Waals surface area contributed by atoms with Gasteiger partial charge in [0.25, 0.3) is 5.56 Å². The molecule has 1 amide bonds. The van der Waals surface area contributed by atoms with Gasteiger partial charge in [-0.05, 0) is 64.7 Å². The number of ether oxygens (including phenoxy) is 1. The molecule has 0 spiro atoms. The molecule has 0 radical (unpaired) electrons. The number of carbonyl (C=O) groups excluding carboxylic acids is 1. The lowest BCUT2D eigenvalue weighted by Gasteiger charge is -2.22. The van der Waals surface area contributed by atoms with Gasteiger partial charge in [0, 0.05) is 24.3 Å². The fraction of sp³-hybridized carbons (Fsp3) is 0.476. The lowest BCUT2D eigenvalue weighted by atomic mass is 10.2. The Morgan fingerprint density at radius 1 is 1.18 bits per heavy atom. The summed E-state index contributed by atoms with van der Waals surface area (Å²) in [6.45, 7) is 7.50. The second kappa shape index (κ2) is 8.04. The van der Waals surface area contributed by atoms with Crippen LogP contribution in [0.15, 0.2) is 41.5 Å². The summed E-state index contributed by atoms with van der Waals surface area (Å²) >= 11 is 0. The molecule has 2 aromatic rings. The van der Waals surface area contributed by atoms with Gasteiger partial charge in [-0.3, -0.25) is 9.36 Å². The third-order valence-electron chi connectivity index (χ3n) is 4.59. The molecule has 2 heterocycles. The molecule has 0 aliphatic heterocycles. The van der Waals surface area contributed by atoms with Gasteiger partial charge in [0.2, 0.25) is 0 Å². The third-order valence-corrected chi connectivity index (χ3v) is 4.59. The zero-order chi connectivity index (χ0) is 20.3. The summed E-state index contributed by atoms with van der Waals surface area (Å²) in [4.78, 5) is 28.4. The molecular weight excluding hydrogens is 356 g/mol. The Morgan fingerprint density at radius 3 is 2.61 bits per heavy atom. The Labute approximate surface area is 165 Å². The number of amides is 1. The molecule has 0 unspecified atom stereocenters. The van der Waals surface area contributed by atoms with E-state index in [1.165, 1.54) is 0 Å². The number of hydrogen-bond donors (Lipinski definition) is 2. The Kier molecular flexibility index (Phi) is 5.72. The minimum atomic E-state index is -0.495. The van der Waals surface area contributed by atoms with Gasteiger partial charge in [-0.2, -0.15) is 0 Å². The van der Waals surface area contributed by atoms with E-state index in [2.05, 4.69) is 15.6 Å². The average Bonchev–Trinajstić information content (AvgIpc) is 3.03. The molecule has 1 aliphatic rings. The molecule has 0 saturated heterocycles. The van der Waals surface area contributed by atoms with Gasteiger partial charge in [0.1, 0.15) is 11.4 Å². The molecule has 0 bridgehead atoms. The third kappa shape index (κ3) is 5.34. The van der Waals surface area contributed by atoms with Crippen molar-refractivity contribution >= 4 is 11.9 Å². The van der Waals surface area contributed by atoms with Crippen LogP contribution in [0.1, 0.15) is 45.6 Å². The number of aromatic nitrogens is 2. The minimum Gasteiger partial charge on any atom is -0.444 e. The Bertz CT molecular complexity index is 884. The molecule has 0 aromatic carbocycles. The number of nitrogens with one attached hydrogen (secondary N) is 2. The van der Waals surface area contributed by atoms with E-state index >= 15 is 0 Å². The topological polar surface area (TPSA) is 85.2 Å². The van der Waals surface area contributed by atoms with Crippen molar-refractivity contribution in [3.8, 4) is 5.69 Å². The van der Waals surface area contributed by atoms with Crippen LogP contribution in [0.25, 0.3) is 5.69 Å². The Balaban J connectivity index is 1.56. The SMILES string of the molecule is Cc1ccc(=O)n(-c2ccc(N[C@H]3CC[C@H](NC(=O)OC(C)(C)C)C3)nc2)c1. The fourth-order valence-corrected chi connectivity index (χ4v) is 3.34. The van der Waals surface area contributed by atoms with E-state index in [1.807, 2.05) is 39.8 Å². The molecule has 3 rings (SSSR count). The maximum Gasteiger partial charge on any atom is 0.407 e. The lowest BCUT2D eigenvalue weighted by molar-refractivity contribution is 0.0505. The Hall–Kier alpha value is -2.83. The van der Waals surface area contributed by atoms with Crippen molar-refractivity contribution in [2.45, 2.75) is 64.6 Å². The van der Waals surface area contributed by atoms with E-state index in [1.54, 1.807) is 29.1 Å². The Morgan fingerprint density at radius 2 is 1.93 bits per heavy atom.